The highest BCUT2D eigenvalue weighted by atomic mass is 32.2. The number of amides is 1. The number of nitrogens with one attached hydrogen (secondary N) is 1. The zero-order valence-corrected chi connectivity index (χ0v) is 20.5. The number of hydrogen-bond acceptors (Lipinski definition) is 4. The fourth-order valence-electron chi connectivity index (χ4n) is 4.26. The SMILES string of the molecule is CCOc1ccc(S(=O)(=O)N2CCC[C@H](C(=O)N[C@@H](C)c3cc(C)c(C)cc3C)C2)cc1. The summed E-state index contributed by atoms with van der Waals surface area (Å²) in [6, 6.07) is 10.6. The Balaban J connectivity index is 1.69. The summed E-state index contributed by atoms with van der Waals surface area (Å²) in [5, 5.41) is 3.11. The first-order valence-corrected chi connectivity index (χ1v) is 12.7. The average Bonchev–Trinajstić information content (AvgIpc) is 2.77. The van der Waals surface area contributed by atoms with Crippen molar-refractivity contribution in [2.75, 3.05) is 19.7 Å². The van der Waals surface area contributed by atoms with Crippen LogP contribution in [0.15, 0.2) is 41.3 Å². The molecule has 0 saturated carbocycles. The van der Waals surface area contributed by atoms with Crippen LogP contribution >= 0.6 is 0 Å². The van der Waals surface area contributed by atoms with Gasteiger partial charge in [-0.1, -0.05) is 12.1 Å². The van der Waals surface area contributed by atoms with E-state index in [1.807, 2.05) is 13.8 Å². The summed E-state index contributed by atoms with van der Waals surface area (Å²) in [4.78, 5) is 13.2. The molecule has 174 valence electrons. The van der Waals surface area contributed by atoms with Gasteiger partial charge < -0.3 is 10.1 Å². The van der Waals surface area contributed by atoms with Gasteiger partial charge >= 0.3 is 0 Å². The molecule has 2 atom stereocenters. The van der Waals surface area contributed by atoms with Crippen molar-refractivity contribution in [2.45, 2.75) is 58.4 Å². The van der Waals surface area contributed by atoms with Crippen LogP contribution in [0.3, 0.4) is 0 Å². The number of ether oxygens (including phenoxy) is 1. The first kappa shape index (κ1) is 24.3. The molecule has 1 amide bonds. The van der Waals surface area contributed by atoms with E-state index in [2.05, 4.69) is 38.2 Å². The van der Waals surface area contributed by atoms with Crippen molar-refractivity contribution in [3.8, 4) is 5.75 Å². The zero-order valence-electron chi connectivity index (χ0n) is 19.6. The summed E-state index contributed by atoms with van der Waals surface area (Å²) in [5.74, 6) is 0.176. The van der Waals surface area contributed by atoms with Crippen molar-refractivity contribution in [3.63, 3.8) is 0 Å². The maximum atomic E-state index is 13.1. The van der Waals surface area contributed by atoms with E-state index < -0.39 is 10.0 Å². The number of sulfonamides is 1. The van der Waals surface area contributed by atoms with Gasteiger partial charge in [0.05, 0.1) is 23.5 Å². The minimum absolute atomic E-state index is 0.0956. The number of hydrogen-bond donors (Lipinski definition) is 1. The molecule has 1 N–H and O–H groups in total. The van der Waals surface area contributed by atoms with Gasteiger partial charge in [0.2, 0.25) is 15.9 Å². The molecule has 1 heterocycles. The predicted molar refractivity (Wildman–Crippen MR) is 126 cm³/mol. The van der Waals surface area contributed by atoms with E-state index in [1.54, 1.807) is 24.3 Å². The van der Waals surface area contributed by atoms with Crippen LogP contribution in [0, 0.1) is 26.7 Å². The molecule has 3 rings (SSSR count). The highest BCUT2D eigenvalue weighted by molar-refractivity contribution is 7.89. The van der Waals surface area contributed by atoms with Gasteiger partial charge in [0, 0.05) is 13.1 Å². The first-order chi connectivity index (χ1) is 15.1. The molecule has 0 spiro atoms. The van der Waals surface area contributed by atoms with Crippen molar-refractivity contribution in [3.05, 3.63) is 58.7 Å². The van der Waals surface area contributed by atoms with Crippen molar-refractivity contribution < 1.29 is 17.9 Å². The Morgan fingerprint density at radius 3 is 2.44 bits per heavy atom. The van der Waals surface area contributed by atoms with Crippen molar-refractivity contribution in [1.82, 2.24) is 9.62 Å². The molecular weight excluding hydrogens is 424 g/mol. The van der Waals surface area contributed by atoms with Gasteiger partial charge in [-0.15, -0.1) is 0 Å². The fourth-order valence-corrected chi connectivity index (χ4v) is 5.78. The van der Waals surface area contributed by atoms with Gasteiger partial charge in [-0.3, -0.25) is 4.79 Å². The smallest absolute Gasteiger partial charge is 0.243 e. The summed E-state index contributed by atoms with van der Waals surface area (Å²) in [6.07, 6.45) is 1.34. The van der Waals surface area contributed by atoms with E-state index in [1.165, 1.54) is 15.4 Å². The van der Waals surface area contributed by atoms with Gasteiger partial charge in [0.25, 0.3) is 0 Å². The number of carbonyl (C=O) groups is 1. The lowest BCUT2D eigenvalue weighted by Crippen LogP contribution is -2.45. The molecule has 2 aromatic rings. The van der Waals surface area contributed by atoms with Gasteiger partial charge in [0.15, 0.2) is 0 Å². The standard InChI is InChI=1S/C25H34N2O4S/c1-6-31-22-9-11-23(12-10-22)32(29,30)27-13-7-8-21(16-27)25(28)26-20(5)24-15-18(3)17(2)14-19(24)4/h9-12,14-15,20-21H,6-8,13,16H2,1-5H3,(H,26,28)/t20-,21-/m0/s1. The third-order valence-corrected chi connectivity index (χ3v) is 8.11. The Morgan fingerprint density at radius 1 is 1.12 bits per heavy atom. The number of benzene rings is 2. The number of carbonyl (C=O) groups excluding carboxylic acids is 1. The molecule has 1 saturated heterocycles. The number of rotatable bonds is 7. The molecule has 1 aliphatic heterocycles. The van der Waals surface area contributed by atoms with E-state index in [0.717, 1.165) is 11.1 Å². The molecule has 0 aliphatic carbocycles. The van der Waals surface area contributed by atoms with Crippen LogP contribution in [0.25, 0.3) is 0 Å². The lowest BCUT2D eigenvalue weighted by molar-refractivity contribution is -0.126. The first-order valence-electron chi connectivity index (χ1n) is 11.2. The Hall–Kier alpha value is -2.38. The molecule has 0 bridgehead atoms. The third kappa shape index (κ3) is 5.33. The maximum absolute atomic E-state index is 13.1. The summed E-state index contributed by atoms with van der Waals surface area (Å²) >= 11 is 0. The van der Waals surface area contributed by atoms with Crippen LogP contribution in [0.1, 0.15) is 55.0 Å². The molecule has 1 aliphatic rings. The molecular formula is C25H34N2O4S. The molecule has 0 radical (unpaired) electrons. The number of nitrogens with zero attached hydrogens (tertiary/aromatic N) is 1. The van der Waals surface area contributed by atoms with Crippen LogP contribution in [-0.4, -0.2) is 38.3 Å². The van der Waals surface area contributed by atoms with Gasteiger partial charge in [-0.25, -0.2) is 8.42 Å². The second-order valence-corrected chi connectivity index (χ2v) is 10.6. The molecule has 32 heavy (non-hydrogen) atoms. The summed E-state index contributed by atoms with van der Waals surface area (Å²) < 4.78 is 33.1. The topological polar surface area (TPSA) is 75.7 Å². The van der Waals surface area contributed by atoms with E-state index in [-0.39, 0.29) is 29.3 Å². The van der Waals surface area contributed by atoms with Gasteiger partial charge in [0.1, 0.15) is 5.75 Å². The van der Waals surface area contributed by atoms with Crippen molar-refractivity contribution in [1.29, 1.82) is 0 Å². The van der Waals surface area contributed by atoms with Gasteiger partial charge in [-0.05, 0) is 94.0 Å². The monoisotopic (exact) mass is 458 g/mol. The lowest BCUT2D eigenvalue weighted by atomic mass is 9.95. The van der Waals surface area contributed by atoms with Crippen molar-refractivity contribution >= 4 is 15.9 Å². The summed E-state index contributed by atoms with van der Waals surface area (Å²) in [6.45, 7) is 11.2. The normalized spacial score (nSPS) is 18.2. The second kappa shape index (κ2) is 10.0. The van der Waals surface area contributed by atoms with Crippen LogP contribution in [0.5, 0.6) is 5.75 Å². The summed E-state index contributed by atoms with van der Waals surface area (Å²) in [5.41, 5.74) is 4.66. The minimum atomic E-state index is -3.66. The average molecular weight is 459 g/mol. The van der Waals surface area contributed by atoms with E-state index in [4.69, 9.17) is 4.74 Å². The third-order valence-electron chi connectivity index (χ3n) is 6.24. The van der Waals surface area contributed by atoms with Crippen LogP contribution in [-0.2, 0) is 14.8 Å². The summed E-state index contributed by atoms with van der Waals surface area (Å²) in [7, 11) is -3.66. The Bertz CT molecular complexity index is 1060. The van der Waals surface area contributed by atoms with Crippen LogP contribution < -0.4 is 10.1 Å². The van der Waals surface area contributed by atoms with Crippen LogP contribution in [0.4, 0.5) is 0 Å². The lowest BCUT2D eigenvalue weighted by Gasteiger charge is -2.32. The number of piperidine rings is 1. The van der Waals surface area contributed by atoms with E-state index in [9.17, 15) is 13.2 Å². The Morgan fingerprint density at radius 2 is 1.78 bits per heavy atom. The molecule has 0 unspecified atom stereocenters. The predicted octanol–water partition coefficient (Wildman–Crippen LogP) is 4.29. The molecule has 0 aromatic heterocycles. The van der Waals surface area contributed by atoms with E-state index >= 15 is 0 Å². The quantitative estimate of drug-likeness (QED) is 0.672. The Kier molecular flexibility index (Phi) is 7.62. The van der Waals surface area contributed by atoms with E-state index in [0.29, 0.717) is 31.7 Å². The van der Waals surface area contributed by atoms with Crippen molar-refractivity contribution in [2.24, 2.45) is 5.92 Å². The molecule has 2 aromatic carbocycles. The number of aryl methyl sites for hydroxylation is 3. The highest BCUT2D eigenvalue weighted by Gasteiger charge is 2.33. The minimum Gasteiger partial charge on any atom is -0.494 e. The molecule has 6 nitrogen and oxygen atoms in total. The largest absolute Gasteiger partial charge is 0.494 e. The zero-order chi connectivity index (χ0) is 23.5. The Labute approximate surface area is 192 Å². The highest BCUT2D eigenvalue weighted by Crippen LogP contribution is 2.27. The maximum Gasteiger partial charge on any atom is 0.243 e. The van der Waals surface area contributed by atoms with Crippen LogP contribution in [0.2, 0.25) is 0 Å². The second-order valence-electron chi connectivity index (χ2n) is 8.63. The van der Waals surface area contributed by atoms with Gasteiger partial charge in [-0.2, -0.15) is 4.31 Å². The molecule has 7 heteroatoms. The molecule has 1 fully saturated rings. The fraction of sp³-hybridized carbons (Fsp3) is 0.480.